The number of carbonyl (C=O) groups is 4. The fourth-order valence-corrected chi connectivity index (χ4v) is 7.04. The normalized spacial score (nSPS) is 23.3. The topological polar surface area (TPSA) is 183 Å². The first-order valence-electron chi connectivity index (χ1n) is 12.0. The molecule has 0 spiro atoms. The third-order valence-corrected chi connectivity index (χ3v) is 9.35. The summed E-state index contributed by atoms with van der Waals surface area (Å²) >= 11 is 4.09. The molecule has 0 saturated carbocycles. The number of β-lactam (4-membered cyclic amide) rings is 1. The number of amides is 2. The Morgan fingerprint density at radius 1 is 1.36 bits per heavy atom. The molecule has 0 aromatic carbocycles. The number of aromatic nitrogens is 1. The number of carbonyl (C=O) groups excluding carboxylic acids is 4. The van der Waals surface area contributed by atoms with Crippen LogP contribution in [0.2, 0.25) is 0 Å². The van der Waals surface area contributed by atoms with Crippen LogP contribution in [0.3, 0.4) is 0 Å². The van der Waals surface area contributed by atoms with Crippen molar-refractivity contribution in [3.8, 4) is 0 Å². The summed E-state index contributed by atoms with van der Waals surface area (Å²) in [6, 6.07) is -0.978. The van der Waals surface area contributed by atoms with Crippen LogP contribution in [0.25, 0.3) is 0 Å². The Hall–Kier alpha value is -2.82. The van der Waals surface area contributed by atoms with E-state index in [-0.39, 0.29) is 27.5 Å². The lowest BCUT2D eigenvalue weighted by atomic mass is 9.98. The minimum absolute atomic E-state index is 0.0709. The fraction of sp³-hybridized carbons (Fsp3) is 0.565. The predicted molar refractivity (Wildman–Crippen MR) is 145 cm³/mol. The maximum atomic E-state index is 13.2. The molecule has 4 heterocycles. The number of esters is 2. The van der Waals surface area contributed by atoms with E-state index in [1.165, 1.54) is 22.0 Å². The summed E-state index contributed by atoms with van der Waals surface area (Å²) in [5, 5.41) is 16.3. The zero-order chi connectivity index (χ0) is 28.3. The molecule has 39 heavy (non-hydrogen) atoms. The van der Waals surface area contributed by atoms with Gasteiger partial charge in [-0.3, -0.25) is 19.3 Å². The summed E-state index contributed by atoms with van der Waals surface area (Å²) in [5.41, 5.74) is 5.29. The SMILES string of the molecule is CC(C)(C)C(=O)OCOC(=O)C1=C(CSC2CCOC2)CS[C@@H]2[C@H](NC(=O)C(=NO)c3csc(N)n3)C(=O)N12. The summed E-state index contributed by atoms with van der Waals surface area (Å²) < 4.78 is 15.7. The van der Waals surface area contributed by atoms with Crippen molar-refractivity contribution < 1.29 is 38.6 Å². The number of nitrogens with zero attached hydrogens (tertiary/aromatic N) is 3. The summed E-state index contributed by atoms with van der Waals surface area (Å²) in [6.07, 6.45) is 0.895. The van der Waals surface area contributed by atoms with Crippen LogP contribution in [0, 0.1) is 5.41 Å². The Bertz CT molecular complexity index is 1200. The number of anilines is 1. The Morgan fingerprint density at radius 2 is 2.13 bits per heavy atom. The third kappa shape index (κ3) is 6.50. The molecule has 3 atom stereocenters. The van der Waals surface area contributed by atoms with Crippen molar-refractivity contribution in [3.63, 3.8) is 0 Å². The van der Waals surface area contributed by atoms with E-state index in [9.17, 15) is 24.4 Å². The first-order valence-corrected chi connectivity index (χ1v) is 14.9. The number of rotatable bonds is 9. The van der Waals surface area contributed by atoms with Gasteiger partial charge >= 0.3 is 11.9 Å². The molecule has 0 radical (unpaired) electrons. The van der Waals surface area contributed by atoms with Gasteiger partial charge in [0, 0.05) is 28.7 Å². The van der Waals surface area contributed by atoms with Gasteiger partial charge < -0.3 is 30.5 Å². The zero-order valence-corrected chi connectivity index (χ0v) is 24.0. The second kappa shape index (κ2) is 12.1. The second-order valence-corrected chi connectivity index (χ2v) is 13.1. The van der Waals surface area contributed by atoms with E-state index in [4.69, 9.17) is 19.9 Å². The van der Waals surface area contributed by atoms with Gasteiger partial charge in [-0.1, -0.05) is 5.16 Å². The molecule has 2 fully saturated rings. The molecule has 4 rings (SSSR count). The Labute approximate surface area is 236 Å². The molecule has 2 amide bonds. The molecule has 13 nitrogen and oxygen atoms in total. The molecule has 1 aromatic heterocycles. The number of nitrogens with two attached hydrogens (primary N) is 1. The number of hydrogen-bond acceptors (Lipinski definition) is 14. The third-order valence-electron chi connectivity index (χ3n) is 5.98. The highest BCUT2D eigenvalue weighted by Crippen LogP contribution is 2.42. The maximum absolute atomic E-state index is 13.2. The van der Waals surface area contributed by atoms with Crippen LogP contribution in [-0.4, -0.2) is 92.7 Å². The van der Waals surface area contributed by atoms with Gasteiger partial charge in [0.2, 0.25) is 6.79 Å². The average Bonchev–Trinajstić information content (AvgIpc) is 3.57. The fourth-order valence-electron chi connectivity index (χ4n) is 3.89. The predicted octanol–water partition coefficient (Wildman–Crippen LogP) is 1.17. The van der Waals surface area contributed by atoms with E-state index in [1.807, 2.05) is 0 Å². The number of thioether (sulfide) groups is 2. The second-order valence-electron chi connectivity index (χ2n) is 9.86. The van der Waals surface area contributed by atoms with Gasteiger partial charge in [0.15, 0.2) is 10.8 Å². The van der Waals surface area contributed by atoms with Crippen LogP contribution in [0.5, 0.6) is 0 Å². The van der Waals surface area contributed by atoms with E-state index in [0.29, 0.717) is 30.3 Å². The molecule has 3 aliphatic heterocycles. The van der Waals surface area contributed by atoms with Gasteiger partial charge in [0.25, 0.3) is 11.8 Å². The molecular weight excluding hydrogens is 570 g/mol. The van der Waals surface area contributed by atoms with E-state index in [2.05, 4.69) is 15.5 Å². The summed E-state index contributed by atoms with van der Waals surface area (Å²) in [4.78, 5) is 56.5. The monoisotopic (exact) mass is 599 g/mol. The highest BCUT2D eigenvalue weighted by atomic mass is 32.2. The van der Waals surface area contributed by atoms with Gasteiger partial charge in [-0.05, 0) is 32.8 Å². The van der Waals surface area contributed by atoms with Crippen LogP contribution >= 0.6 is 34.9 Å². The number of thiazole rings is 1. The number of oxime groups is 1. The van der Waals surface area contributed by atoms with Crippen molar-refractivity contribution in [2.45, 2.75) is 43.9 Å². The summed E-state index contributed by atoms with van der Waals surface area (Å²) in [7, 11) is 0. The van der Waals surface area contributed by atoms with Crippen molar-refractivity contribution in [1.29, 1.82) is 0 Å². The summed E-state index contributed by atoms with van der Waals surface area (Å²) in [6.45, 7) is 5.73. The van der Waals surface area contributed by atoms with Crippen molar-refractivity contribution in [3.05, 3.63) is 22.3 Å². The average molecular weight is 600 g/mol. The molecule has 3 aliphatic rings. The van der Waals surface area contributed by atoms with Crippen LogP contribution in [0.15, 0.2) is 21.8 Å². The molecular formula is C23H29N5O8S3. The van der Waals surface area contributed by atoms with Gasteiger partial charge in [0.05, 0.1) is 12.0 Å². The first kappa shape index (κ1) is 29.2. The highest BCUT2D eigenvalue weighted by Gasteiger charge is 2.54. The van der Waals surface area contributed by atoms with E-state index in [1.54, 1.807) is 32.5 Å². The molecule has 2 saturated heterocycles. The zero-order valence-electron chi connectivity index (χ0n) is 21.5. The Kier molecular flexibility index (Phi) is 9.08. The Balaban J connectivity index is 1.47. The molecule has 1 aromatic rings. The van der Waals surface area contributed by atoms with Gasteiger partial charge in [-0.25, -0.2) is 9.78 Å². The van der Waals surface area contributed by atoms with Crippen LogP contribution < -0.4 is 11.1 Å². The molecule has 1 unspecified atom stereocenters. The van der Waals surface area contributed by atoms with Crippen molar-refractivity contribution in [2.75, 3.05) is 37.2 Å². The van der Waals surface area contributed by atoms with Gasteiger partial charge in [-0.2, -0.15) is 11.8 Å². The lowest BCUT2D eigenvalue weighted by Gasteiger charge is -2.49. The number of nitrogens with one attached hydrogen (secondary N) is 1. The standard InChI is InChI=1S/C23H29N5O8S3/c1-23(2,3)21(32)36-10-35-20(31)16-11(7-37-12-4-5-34-6-12)8-38-19-15(18(30)28(16)19)26-17(29)14(27-33)13-9-39-22(24)25-13/h9,12,15,19,33H,4-8,10H2,1-3H3,(H2,24,25)(H,26,29)/t12?,15-,19-/m1/s1. The minimum atomic E-state index is -0.978. The summed E-state index contributed by atoms with van der Waals surface area (Å²) in [5.74, 6) is -1.78. The van der Waals surface area contributed by atoms with Crippen LogP contribution in [0.1, 0.15) is 32.9 Å². The molecule has 0 bridgehead atoms. The largest absolute Gasteiger partial charge is 0.427 e. The van der Waals surface area contributed by atoms with Crippen molar-refractivity contribution in [1.82, 2.24) is 15.2 Å². The number of ether oxygens (including phenoxy) is 3. The lowest BCUT2D eigenvalue weighted by molar-refractivity contribution is -0.173. The van der Waals surface area contributed by atoms with Crippen molar-refractivity contribution in [2.24, 2.45) is 10.6 Å². The quantitative estimate of drug-likeness (QED) is 0.0921. The van der Waals surface area contributed by atoms with Gasteiger partial charge in [-0.15, -0.1) is 23.1 Å². The van der Waals surface area contributed by atoms with Crippen LogP contribution in [-0.2, 0) is 33.4 Å². The molecule has 4 N–H and O–H groups in total. The molecule has 0 aliphatic carbocycles. The van der Waals surface area contributed by atoms with E-state index < -0.39 is 47.4 Å². The number of nitrogen functional groups attached to an aromatic ring is 1. The molecule has 16 heteroatoms. The van der Waals surface area contributed by atoms with E-state index in [0.717, 1.165) is 17.8 Å². The maximum Gasteiger partial charge on any atom is 0.357 e. The highest BCUT2D eigenvalue weighted by molar-refractivity contribution is 8.01. The van der Waals surface area contributed by atoms with Crippen LogP contribution in [0.4, 0.5) is 5.13 Å². The van der Waals surface area contributed by atoms with Gasteiger partial charge in [0.1, 0.15) is 22.8 Å². The Morgan fingerprint density at radius 3 is 2.74 bits per heavy atom. The number of hydrogen-bond donors (Lipinski definition) is 3. The first-order chi connectivity index (χ1) is 18.5. The van der Waals surface area contributed by atoms with E-state index >= 15 is 0 Å². The lowest BCUT2D eigenvalue weighted by Crippen LogP contribution is -2.71. The molecule has 212 valence electrons. The minimum Gasteiger partial charge on any atom is -0.427 e. The van der Waals surface area contributed by atoms with Crippen molar-refractivity contribution >= 4 is 69.5 Å². The number of fused-ring (bicyclic) bond motifs is 1. The smallest absolute Gasteiger partial charge is 0.357 e.